The first-order chi connectivity index (χ1) is 10.6. The number of allylic oxidation sites excluding steroid dienone is 1. The molecule has 2 rings (SSSR count). The minimum Gasteiger partial charge on any atom is -0.374 e. The lowest BCUT2D eigenvalue weighted by Crippen LogP contribution is -2.38. The molecule has 22 heavy (non-hydrogen) atoms. The molecule has 3 nitrogen and oxygen atoms in total. The van der Waals surface area contributed by atoms with Crippen LogP contribution in [0.1, 0.15) is 50.2 Å². The number of nitrogens with one attached hydrogen (secondary N) is 2. The van der Waals surface area contributed by atoms with Crippen molar-refractivity contribution in [1.82, 2.24) is 5.32 Å². The molecule has 1 aliphatic rings. The van der Waals surface area contributed by atoms with Crippen molar-refractivity contribution in [1.29, 1.82) is 0 Å². The van der Waals surface area contributed by atoms with E-state index in [1.165, 1.54) is 42.4 Å². The van der Waals surface area contributed by atoms with Gasteiger partial charge in [0.1, 0.15) is 6.04 Å². The second-order valence-electron chi connectivity index (χ2n) is 6.31. The Morgan fingerprint density at radius 3 is 2.73 bits per heavy atom. The number of hydrogen-bond donors (Lipinski definition) is 2. The van der Waals surface area contributed by atoms with Crippen LogP contribution in [0, 0.1) is 13.8 Å². The summed E-state index contributed by atoms with van der Waals surface area (Å²) in [6.07, 6.45) is 8.34. The second-order valence-corrected chi connectivity index (χ2v) is 6.31. The molecule has 0 unspecified atom stereocenters. The number of aryl methyl sites for hydroxylation is 2. The maximum atomic E-state index is 12.1. The molecule has 0 radical (unpaired) electrons. The number of carbonyl (C=O) groups excluding carboxylic acids is 1. The quantitative estimate of drug-likeness (QED) is 0.776. The molecule has 1 amide bonds. The minimum atomic E-state index is -0.220. The molecule has 2 N–H and O–H groups in total. The monoisotopic (exact) mass is 300 g/mol. The highest BCUT2D eigenvalue weighted by Gasteiger charge is 2.12. The third-order valence-electron chi connectivity index (χ3n) is 4.41. The van der Waals surface area contributed by atoms with Gasteiger partial charge in [-0.05, 0) is 76.1 Å². The van der Waals surface area contributed by atoms with Crippen LogP contribution in [0.4, 0.5) is 5.69 Å². The van der Waals surface area contributed by atoms with Gasteiger partial charge in [-0.25, -0.2) is 0 Å². The average molecular weight is 300 g/mol. The predicted molar refractivity (Wildman–Crippen MR) is 93.2 cm³/mol. The summed E-state index contributed by atoms with van der Waals surface area (Å²) in [6, 6.07) is 5.98. The number of amides is 1. The minimum absolute atomic E-state index is 0.0645. The molecule has 0 saturated heterocycles. The summed E-state index contributed by atoms with van der Waals surface area (Å²) in [6.45, 7) is 6.83. The van der Waals surface area contributed by atoms with Gasteiger partial charge < -0.3 is 10.6 Å². The number of hydrogen-bond acceptors (Lipinski definition) is 2. The standard InChI is InChI=1S/C19H28N2O/c1-14-9-10-18(13-15(14)2)21-16(3)19(22)20-12-11-17-7-5-4-6-8-17/h7,9-10,13,16,21H,4-6,8,11-12H2,1-3H3,(H,20,22)/t16-/m0/s1. The van der Waals surface area contributed by atoms with Crippen molar-refractivity contribution in [2.75, 3.05) is 11.9 Å². The van der Waals surface area contributed by atoms with E-state index in [4.69, 9.17) is 0 Å². The fraction of sp³-hybridized carbons (Fsp3) is 0.526. The molecule has 0 bridgehead atoms. The molecule has 1 atom stereocenters. The van der Waals surface area contributed by atoms with E-state index in [1.807, 2.05) is 13.0 Å². The second kappa shape index (κ2) is 8.02. The lowest BCUT2D eigenvalue weighted by molar-refractivity contribution is -0.121. The summed E-state index contributed by atoms with van der Waals surface area (Å²) in [4.78, 5) is 12.1. The molecule has 3 heteroatoms. The van der Waals surface area contributed by atoms with Crippen LogP contribution in [-0.2, 0) is 4.79 Å². The van der Waals surface area contributed by atoms with E-state index < -0.39 is 0 Å². The van der Waals surface area contributed by atoms with Crippen LogP contribution in [0.25, 0.3) is 0 Å². The molecule has 120 valence electrons. The van der Waals surface area contributed by atoms with E-state index in [-0.39, 0.29) is 11.9 Å². The first-order valence-corrected chi connectivity index (χ1v) is 8.35. The Labute approximate surface area is 134 Å². The lowest BCUT2D eigenvalue weighted by atomic mass is 9.97. The summed E-state index contributed by atoms with van der Waals surface area (Å²) >= 11 is 0. The molecular weight excluding hydrogens is 272 g/mol. The fourth-order valence-electron chi connectivity index (χ4n) is 2.78. The number of rotatable bonds is 6. The van der Waals surface area contributed by atoms with Crippen LogP contribution in [-0.4, -0.2) is 18.5 Å². The lowest BCUT2D eigenvalue weighted by Gasteiger charge is -2.17. The van der Waals surface area contributed by atoms with Crippen LogP contribution < -0.4 is 10.6 Å². The molecule has 0 heterocycles. The Hall–Kier alpha value is -1.77. The highest BCUT2D eigenvalue weighted by atomic mass is 16.2. The highest BCUT2D eigenvalue weighted by molar-refractivity contribution is 5.84. The van der Waals surface area contributed by atoms with Crippen molar-refractivity contribution >= 4 is 11.6 Å². The normalized spacial score (nSPS) is 15.9. The predicted octanol–water partition coefficient (Wildman–Crippen LogP) is 4.11. The van der Waals surface area contributed by atoms with Crippen molar-refractivity contribution in [3.05, 3.63) is 41.0 Å². The van der Waals surface area contributed by atoms with Crippen molar-refractivity contribution in [2.24, 2.45) is 0 Å². The van der Waals surface area contributed by atoms with Gasteiger partial charge in [0.15, 0.2) is 0 Å². The summed E-state index contributed by atoms with van der Waals surface area (Å²) in [5, 5.41) is 6.31. The van der Waals surface area contributed by atoms with Gasteiger partial charge in [-0.15, -0.1) is 0 Å². The van der Waals surface area contributed by atoms with Gasteiger partial charge in [-0.2, -0.15) is 0 Å². The molecule has 0 saturated carbocycles. The zero-order valence-electron chi connectivity index (χ0n) is 14.0. The van der Waals surface area contributed by atoms with Crippen molar-refractivity contribution in [3.8, 4) is 0 Å². The number of benzene rings is 1. The van der Waals surface area contributed by atoms with Gasteiger partial charge in [-0.3, -0.25) is 4.79 Å². The van der Waals surface area contributed by atoms with E-state index in [9.17, 15) is 4.79 Å². The summed E-state index contributed by atoms with van der Waals surface area (Å²) in [5.74, 6) is 0.0645. The molecule has 1 aromatic carbocycles. The van der Waals surface area contributed by atoms with Crippen molar-refractivity contribution in [2.45, 2.75) is 58.9 Å². The van der Waals surface area contributed by atoms with Gasteiger partial charge in [-0.1, -0.05) is 17.7 Å². The molecule has 1 aromatic rings. The smallest absolute Gasteiger partial charge is 0.242 e. The fourth-order valence-corrected chi connectivity index (χ4v) is 2.78. The Morgan fingerprint density at radius 1 is 1.23 bits per heavy atom. The van der Waals surface area contributed by atoms with Crippen LogP contribution in [0.2, 0.25) is 0 Å². The van der Waals surface area contributed by atoms with E-state index >= 15 is 0 Å². The maximum absolute atomic E-state index is 12.1. The highest BCUT2D eigenvalue weighted by Crippen LogP contribution is 2.19. The SMILES string of the molecule is Cc1ccc(N[C@@H](C)C(=O)NCCC2=CCCCC2)cc1C. The summed E-state index contributed by atoms with van der Waals surface area (Å²) < 4.78 is 0. The van der Waals surface area contributed by atoms with Crippen LogP contribution in [0.3, 0.4) is 0 Å². The average Bonchev–Trinajstić information content (AvgIpc) is 2.52. The Kier molecular flexibility index (Phi) is 6.05. The molecule has 0 spiro atoms. The maximum Gasteiger partial charge on any atom is 0.242 e. The van der Waals surface area contributed by atoms with Crippen molar-refractivity contribution in [3.63, 3.8) is 0 Å². The van der Waals surface area contributed by atoms with Crippen LogP contribution in [0.5, 0.6) is 0 Å². The van der Waals surface area contributed by atoms with Crippen LogP contribution >= 0.6 is 0 Å². The van der Waals surface area contributed by atoms with Gasteiger partial charge in [0.05, 0.1) is 0 Å². The van der Waals surface area contributed by atoms with E-state index in [2.05, 4.69) is 42.7 Å². The molecule has 0 aromatic heterocycles. The Balaban J connectivity index is 1.76. The third kappa shape index (κ3) is 4.90. The topological polar surface area (TPSA) is 41.1 Å². The largest absolute Gasteiger partial charge is 0.374 e. The van der Waals surface area contributed by atoms with Gasteiger partial charge in [0.25, 0.3) is 0 Å². The van der Waals surface area contributed by atoms with Crippen molar-refractivity contribution < 1.29 is 4.79 Å². The van der Waals surface area contributed by atoms with E-state index in [0.29, 0.717) is 0 Å². The zero-order chi connectivity index (χ0) is 15.9. The first-order valence-electron chi connectivity index (χ1n) is 8.35. The van der Waals surface area contributed by atoms with Gasteiger partial charge in [0, 0.05) is 12.2 Å². The molecular formula is C19H28N2O. The first kappa shape index (κ1) is 16.6. The number of carbonyl (C=O) groups is 1. The Bertz CT molecular complexity index is 548. The molecule has 0 aliphatic heterocycles. The Morgan fingerprint density at radius 2 is 2.05 bits per heavy atom. The van der Waals surface area contributed by atoms with E-state index in [0.717, 1.165) is 18.7 Å². The molecule has 0 fully saturated rings. The molecule has 1 aliphatic carbocycles. The van der Waals surface area contributed by atoms with E-state index in [1.54, 1.807) is 0 Å². The third-order valence-corrected chi connectivity index (χ3v) is 4.41. The van der Waals surface area contributed by atoms with Gasteiger partial charge in [0.2, 0.25) is 5.91 Å². The zero-order valence-corrected chi connectivity index (χ0v) is 14.0. The summed E-state index contributed by atoms with van der Waals surface area (Å²) in [7, 11) is 0. The summed E-state index contributed by atoms with van der Waals surface area (Å²) in [5.41, 5.74) is 5.01. The van der Waals surface area contributed by atoms with Crippen LogP contribution in [0.15, 0.2) is 29.8 Å². The van der Waals surface area contributed by atoms with Gasteiger partial charge >= 0.3 is 0 Å². The number of anilines is 1.